The van der Waals surface area contributed by atoms with Gasteiger partial charge in [-0.3, -0.25) is 9.59 Å². The molecule has 5 heteroatoms. The van der Waals surface area contributed by atoms with Gasteiger partial charge in [0.25, 0.3) is 0 Å². The van der Waals surface area contributed by atoms with E-state index >= 15 is 0 Å². The average Bonchev–Trinajstić information content (AvgIpc) is 3.21. The summed E-state index contributed by atoms with van der Waals surface area (Å²) in [4.78, 5) is 27.8. The molecule has 0 aromatic heterocycles. The summed E-state index contributed by atoms with van der Waals surface area (Å²) in [5, 5.41) is 3.14. The van der Waals surface area contributed by atoms with Crippen LogP contribution in [0.3, 0.4) is 0 Å². The highest BCUT2D eigenvalue weighted by atomic mass is 79.9. The molecule has 0 heterocycles. The van der Waals surface area contributed by atoms with Crippen LogP contribution in [0.1, 0.15) is 49.3 Å². The molecule has 0 radical (unpaired) electrons. The Hall–Kier alpha value is -2.14. The molecule has 3 rings (SSSR count). The second-order valence-electron chi connectivity index (χ2n) is 7.98. The monoisotopic (exact) mass is 456 g/mol. The Kier molecular flexibility index (Phi) is 7.48. The first-order valence-corrected chi connectivity index (χ1v) is 11.1. The fraction of sp³-hybridized carbons (Fsp3) is 0.417. The first kappa shape index (κ1) is 21.6. The molecule has 1 N–H and O–H groups in total. The summed E-state index contributed by atoms with van der Waals surface area (Å²) >= 11 is 3.45. The van der Waals surface area contributed by atoms with E-state index in [9.17, 15) is 9.59 Å². The molecule has 2 aromatic rings. The molecule has 1 saturated carbocycles. The van der Waals surface area contributed by atoms with Crippen LogP contribution in [0.4, 0.5) is 0 Å². The van der Waals surface area contributed by atoms with Gasteiger partial charge >= 0.3 is 0 Å². The van der Waals surface area contributed by atoms with Gasteiger partial charge in [-0.25, -0.2) is 0 Å². The minimum absolute atomic E-state index is 0.0363. The molecule has 154 valence electrons. The number of hydrogen-bond acceptors (Lipinski definition) is 2. The lowest BCUT2D eigenvalue weighted by atomic mass is 10.1. The standard InChI is InChI=1S/C24H29BrN2O2/c1-17-7-9-19(10-8-17)15-23(28)27(16-20-11-13-21(25)14-12-20)18(2)24(29)26-22-5-3-4-6-22/h7-14,18,22H,3-6,15-16H2,1-2H3,(H,26,29)/t18-/m1/s1. The number of nitrogens with one attached hydrogen (secondary N) is 1. The second kappa shape index (κ2) is 10.1. The zero-order valence-electron chi connectivity index (χ0n) is 17.2. The molecule has 1 aliphatic carbocycles. The molecule has 0 spiro atoms. The number of carbonyl (C=O) groups is 2. The van der Waals surface area contributed by atoms with Gasteiger partial charge in [0.05, 0.1) is 6.42 Å². The summed E-state index contributed by atoms with van der Waals surface area (Å²) in [5.74, 6) is -0.0999. The lowest BCUT2D eigenvalue weighted by molar-refractivity contribution is -0.140. The van der Waals surface area contributed by atoms with E-state index in [1.165, 1.54) is 0 Å². The van der Waals surface area contributed by atoms with Crippen LogP contribution in [0.15, 0.2) is 53.0 Å². The minimum atomic E-state index is -0.516. The van der Waals surface area contributed by atoms with Crippen LogP contribution >= 0.6 is 15.9 Å². The van der Waals surface area contributed by atoms with Crippen molar-refractivity contribution >= 4 is 27.7 Å². The largest absolute Gasteiger partial charge is 0.352 e. The molecule has 1 atom stereocenters. The maximum atomic E-state index is 13.2. The van der Waals surface area contributed by atoms with Gasteiger partial charge in [0.15, 0.2) is 0 Å². The summed E-state index contributed by atoms with van der Waals surface area (Å²) in [6.07, 6.45) is 4.67. The Bertz CT molecular complexity index is 827. The van der Waals surface area contributed by atoms with Crippen molar-refractivity contribution in [1.29, 1.82) is 0 Å². The van der Waals surface area contributed by atoms with Crippen molar-refractivity contribution in [3.63, 3.8) is 0 Å². The van der Waals surface area contributed by atoms with Crippen molar-refractivity contribution in [3.8, 4) is 0 Å². The second-order valence-corrected chi connectivity index (χ2v) is 8.89. The molecule has 29 heavy (non-hydrogen) atoms. The van der Waals surface area contributed by atoms with Crippen molar-refractivity contribution < 1.29 is 9.59 Å². The maximum Gasteiger partial charge on any atom is 0.242 e. The summed E-state index contributed by atoms with van der Waals surface area (Å²) in [6.45, 7) is 4.27. The Morgan fingerprint density at radius 1 is 1.03 bits per heavy atom. The molecular formula is C24H29BrN2O2. The third kappa shape index (κ3) is 6.17. The fourth-order valence-corrected chi connectivity index (χ4v) is 4.01. The minimum Gasteiger partial charge on any atom is -0.352 e. The summed E-state index contributed by atoms with van der Waals surface area (Å²) in [7, 11) is 0. The molecule has 1 fully saturated rings. The quantitative estimate of drug-likeness (QED) is 0.651. The lowest BCUT2D eigenvalue weighted by Gasteiger charge is -2.30. The van der Waals surface area contributed by atoms with Gasteiger partial charge in [-0.2, -0.15) is 0 Å². The van der Waals surface area contributed by atoms with Crippen LogP contribution in [-0.4, -0.2) is 28.8 Å². The molecule has 0 saturated heterocycles. The molecule has 4 nitrogen and oxygen atoms in total. The highest BCUT2D eigenvalue weighted by Gasteiger charge is 2.28. The first-order chi connectivity index (χ1) is 13.9. The Balaban J connectivity index is 1.75. The van der Waals surface area contributed by atoms with Gasteiger partial charge in [0.1, 0.15) is 6.04 Å². The van der Waals surface area contributed by atoms with Crippen LogP contribution in [-0.2, 0) is 22.6 Å². The first-order valence-electron chi connectivity index (χ1n) is 10.3. The van der Waals surface area contributed by atoms with Crippen molar-refractivity contribution in [1.82, 2.24) is 10.2 Å². The van der Waals surface area contributed by atoms with Crippen molar-refractivity contribution in [3.05, 3.63) is 69.7 Å². The zero-order valence-corrected chi connectivity index (χ0v) is 18.7. The number of carbonyl (C=O) groups excluding carboxylic acids is 2. The van der Waals surface area contributed by atoms with Gasteiger partial charge < -0.3 is 10.2 Å². The smallest absolute Gasteiger partial charge is 0.242 e. The molecule has 0 aliphatic heterocycles. The Morgan fingerprint density at radius 2 is 1.62 bits per heavy atom. The number of nitrogens with zero attached hydrogens (tertiary/aromatic N) is 1. The third-order valence-electron chi connectivity index (χ3n) is 5.61. The van der Waals surface area contributed by atoms with Gasteiger partial charge in [0.2, 0.25) is 11.8 Å². The highest BCUT2D eigenvalue weighted by molar-refractivity contribution is 9.10. The van der Waals surface area contributed by atoms with Crippen LogP contribution in [0.25, 0.3) is 0 Å². The highest BCUT2D eigenvalue weighted by Crippen LogP contribution is 2.19. The SMILES string of the molecule is Cc1ccc(CC(=O)N(Cc2ccc(Br)cc2)[C@H](C)C(=O)NC2CCCC2)cc1. The van der Waals surface area contributed by atoms with Gasteiger partial charge in [-0.05, 0) is 49.9 Å². The average molecular weight is 457 g/mol. The predicted octanol–water partition coefficient (Wildman–Crippen LogP) is 4.78. The lowest BCUT2D eigenvalue weighted by Crippen LogP contribution is -2.50. The summed E-state index contributed by atoms with van der Waals surface area (Å²) in [6, 6.07) is 15.6. The zero-order chi connectivity index (χ0) is 20.8. The van der Waals surface area contributed by atoms with E-state index in [0.717, 1.165) is 46.8 Å². The molecule has 2 amide bonds. The van der Waals surface area contributed by atoms with E-state index in [0.29, 0.717) is 6.54 Å². The third-order valence-corrected chi connectivity index (χ3v) is 6.14. The molecule has 0 unspecified atom stereocenters. The topological polar surface area (TPSA) is 49.4 Å². The van der Waals surface area contributed by atoms with E-state index in [2.05, 4.69) is 21.2 Å². The Labute approximate surface area is 181 Å². The number of aryl methyl sites for hydroxylation is 1. The van der Waals surface area contributed by atoms with Crippen molar-refractivity contribution in [2.24, 2.45) is 0 Å². The molecule has 1 aliphatic rings. The summed E-state index contributed by atoms with van der Waals surface area (Å²) in [5.41, 5.74) is 3.13. The van der Waals surface area contributed by atoms with E-state index in [4.69, 9.17) is 0 Å². The van der Waals surface area contributed by atoms with E-state index < -0.39 is 6.04 Å². The van der Waals surface area contributed by atoms with E-state index in [-0.39, 0.29) is 24.3 Å². The molecular weight excluding hydrogens is 428 g/mol. The van der Waals surface area contributed by atoms with Crippen LogP contribution in [0.5, 0.6) is 0 Å². The van der Waals surface area contributed by atoms with Crippen molar-refractivity contribution in [2.45, 2.75) is 64.6 Å². The number of halogens is 1. The number of rotatable bonds is 7. The number of benzene rings is 2. The van der Waals surface area contributed by atoms with Crippen LogP contribution in [0.2, 0.25) is 0 Å². The maximum absolute atomic E-state index is 13.2. The van der Waals surface area contributed by atoms with E-state index in [1.54, 1.807) is 4.90 Å². The Morgan fingerprint density at radius 3 is 2.24 bits per heavy atom. The number of hydrogen-bond donors (Lipinski definition) is 1. The normalized spacial score (nSPS) is 15.1. The predicted molar refractivity (Wildman–Crippen MR) is 119 cm³/mol. The molecule has 0 bridgehead atoms. The van der Waals surface area contributed by atoms with Gasteiger partial charge in [-0.1, -0.05) is 70.7 Å². The van der Waals surface area contributed by atoms with Gasteiger partial charge in [-0.15, -0.1) is 0 Å². The van der Waals surface area contributed by atoms with Gasteiger partial charge in [0, 0.05) is 17.1 Å². The van der Waals surface area contributed by atoms with Crippen LogP contribution in [0, 0.1) is 6.92 Å². The fourth-order valence-electron chi connectivity index (χ4n) is 3.74. The van der Waals surface area contributed by atoms with Crippen LogP contribution < -0.4 is 5.32 Å². The van der Waals surface area contributed by atoms with E-state index in [1.807, 2.05) is 62.4 Å². The molecule has 2 aromatic carbocycles. The number of amides is 2. The summed E-state index contributed by atoms with van der Waals surface area (Å²) < 4.78 is 0.991. The van der Waals surface area contributed by atoms with Crippen molar-refractivity contribution in [2.75, 3.05) is 0 Å².